The van der Waals surface area contributed by atoms with Crippen molar-refractivity contribution in [2.45, 2.75) is 37.8 Å². The molecule has 2 atom stereocenters. The summed E-state index contributed by atoms with van der Waals surface area (Å²) in [5.41, 5.74) is 0.497. The molecule has 3 fully saturated rings. The molecule has 1 spiro atoms. The molecule has 9 heteroatoms. The van der Waals surface area contributed by atoms with E-state index >= 15 is 4.39 Å². The summed E-state index contributed by atoms with van der Waals surface area (Å²) in [5.74, 6) is -1.12. The Balaban J connectivity index is 1.53. The number of likely N-dealkylation sites (tertiary alicyclic amines) is 2. The number of hydrogen-bond donors (Lipinski definition) is 1. The van der Waals surface area contributed by atoms with E-state index in [2.05, 4.69) is 4.72 Å². The van der Waals surface area contributed by atoms with Crippen molar-refractivity contribution in [3.8, 4) is 11.1 Å². The van der Waals surface area contributed by atoms with E-state index in [0.29, 0.717) is 25.2 Å². The van der Waals surface area contributed by atoms with Gasteiger partial charge in [-0.1, -0.05) is 30.3 Å². The SMILES string of the molecule is CS(=O)(=O)N[C@@H]1[C@H](Cc2cc(F)cc(-c3ccccc3)c2F)N(C(=O)N2CCC2)CC12CC2. The van der Waals surface area contributed by atoms with E-state index < -0.39 is 33.7 Å². The number of rotatable bonds is 5. The van der Waals surface area contributed by atoms with E-state index in [1.165, 1.54) is 6.07 Å². The van der Waals surface area contributed by atoms with E-state index in [9.17, 15) is 17.6 Å². The van der Waals surface area contributed by atoms with Crippen LogP contribution in [-0.2, 0) is 16.4 Å². The van der Waals surface area contributed by atoms with Crippen LogP contribution in [-0.4, -0.2) is 62.2 Å². The number of carbonyl (C=O) groups excluding carboxylic acids is 1. The molecule has 0 unspecified atom stereocenters. The molecule has 1 N–H and O–H groups in total. The third-order valence-corrected chi connectivity index (χ3v) is 7.84. The average molecular weight is 476 g/mol. The summed E-state index contributed by atoms with van der Waals surface area (Å²) < 4.78 is 57.3. The third kappa shape index (κ3) is 4.24. The Morgan fingerprint density at radius 2 is 1.85 bits per heavy atom. The minimum Gasteiger partial charge on any atom is -0.325 e. The zero-order valence-corrected chi connectivity index (χ0v) is 19.2. The molecule has 1 saturated carbocycles. The molecule has 5 rings (SSSR count). The van der Waals surface area contributed by atoms with Gasteiger partial charge in [0, 0.05) is 36.7 Å². The predicted octanol–water partition coefficient (Wildman–Crippen LogP) is 3.38. The van der Waals surface area contributed by atoms with Gasteiger partial charge < -0.3 is 9.80 Å². The molecular weight excluding hydrogens is 448 g/mol. The van der Waals surface area contributed by atoms with Crippen molar-refractivity contribution in [2.24, 2.45) is 5.41 Å². The maximum atomic E-state index is 15.6. The number of urea groups is 1. The molecule has 0 aromatic heterocycles. The van der Waals surface area contributed by atoms with E-state index in [0.717, 1.165) is 31.6 Å². The van der Waals surface area contributed by atoms with Gasteiger partial charge in [-0.05, 0) is 48.9 Å². The number of amides is 2. The highest BCUT2D eigenvalue weighted by atomic mass is 32.2. The van der Waals surface area contributed by atoms with Crippen LogP contribution >= 0.6 is 0 Å². The molecule has 3 aliphatic rings. The van der Waals surface area contributed by atoms with Crippen LogP contribution < -0.4 is 4.72 Å². The van der Waals surface area contributed by atoms with Gasteiger partial charge in [0.25, 0.3) is 0 Å². The van der Waals surface area contributed by atoms with Crippen molar-refractivity contribution in [1.82, 2.24) is 14.5 Å². The third-order valence-electron chi connectivity index (χ3n) is 7.16. The largest absolute Gasteiger partial charge is 0.325 e. The van der Waals surface area contributed by atoms with Gasteiger partial charge in [0.15, 0.2) is 0 Å². The predicted molar refractivity (Wildman–Crippen MR) is 121 cm³/mol. The van der Waals surface area contributed by atoms with E-state index in [4.69, 9.17) is 0 Å². The molecule has 2 aromatic rings. The van der Waals surface area contributed by atoms with Crippen LogP contribution in [0.3, 0.4) is 0 Å². The fourth-order valence-corrected chi connectivity index (χ4v) is 6.05. The summed E-state index contributed by atoms with van der Waals surface area (Å²) in [6.45, 7) is 1.74. The van der Waals surface area contributed by atoms with Crippen LogP contribution in [0.5, 0.6) is 0 Å². The smallest absolute Gasteiger partial charge is 0.320 e. The van der Waals surface area contributed by atoms with Gasteiger partial charge in [-0.3, -0.25) is 0 Å². The van der Waals surface area contributed by atoms with Gasteiger partial charge in [-0.25, -0.2) is 26.7 Å². The van der Waals surface area contributed by atoms with Crippen molar-refractivity contribution in [3.05, 3.63) is 59.7 Å². The van der Waals surface area contributed by atoms with Crippen LogP contribution in [0.25, 0.3) is 11.1 Å². The molecule has 0 radical (unpaired) electrons. The summed E-state index contributed by atoms with van der Waals surface area (Å²) in [5, 5.41) is 0. The number of carbonyl (C=O) groups is 1. The maximum Gasteiger partial charge on any atom is 0.320 e. The fraction of sp³-hybridized carbons (Fsp3) is 0.458. The van der Waals surface area contributed by atoms with Crippen LogP contribution in [0, 0.1) is 17.0 Å². The van der Waals surface area contributed by atoms with Gasteiger partial charge in [0.2, 0.25) is 10.0 Å². The Labute approximate surface area is 192 Å². The molecule has 1 aliphatic carbocycles. The number of nitrogens with zero attached hydrogens (tertiary/aromatic N) is 2. The zero-order chi connectivity index (χ0) is 23.4. The molecule has 2 aliphatic heterocycles. The first kappa shape index (κ1) is 22.3. The second-order valence-corrected chi connectivity index (χ2v) is 11.3. The first-order valence-corrected chi connectivity index (χ1v) is 13.1. The lowest BCUT2D eigenvalue weighted by molar-refractivity contribution is 0.120. The van der Waals surface area contributed by atoms with Crippen molar-refractivity contribution in [2.75, 3.05) is 25.9 Å². The van der Waals surface area contributed by atoms with Gasteiger partial charge in [-0.2, -0.15) is 0 Å². The van der Waals surface area contributed by atoms with Crippen molar-refractivity contribution in [1.29, 1.82) is 0 Å². The van der Waals surface area contributed by atoms with Gasteiger partial charge in [0.1, 0.15) is 11.6 Å². The molecular formula is C24H27F2N3O3S. The number of nitrogens with one attached hydrogen (secondary N) is 1. The fourth-order valence-electron chi connectivity index (χ4n) is 5.18. The molecule has 2 aromatic carbocycles. The van der Waals surface area contributed by atoms with Crippen molar-refractivity contribution in [3.63, 3.8) is 0 Å². The summed E-state index contributed by atoms with van der Waals surface area (Å²) in [4.78, 5) is 16.6. The topological polar surface area (TPSA) is 69.7 Å². The van der Waals surface area contributed by atoms with E-state index in [1.54, 1.807) is 40.1 Å². The lowest BCUT2D eigenvalue weighted by Crippen LogP contribution is -2.54. The minimum atomic E-state index is -3.56. The van der Waals surface area contributed by atoms with Crippen LogP contribution in [0.15, 0.2) is 42.5 Å². The summed E-state index contributed by atoms with van der Waals surface area (Å²) >= 11 is 0. The van der Waals surface area contributed by atoms with Crippen LogP contribution in [0.1, 0.15) is 24.8 Å². The highest BCUT2D eigenvalue weighted by molar-refractivity contribution is 7.88. The first-order chi connectivity index (χ1) is 15.7. The number of benzene rings is 2. The second-order valence-electron chi connectivity index (χ2n) is 9.55. The summed E-state index contributed by atoms with van der Waals surface area (Å²) in [6, 6.07) is 9.76. The summed E-state index contributed by atoms with van der Waals surface area (Å²) in [6.07, 6.45) is 3.64. The average Bonchev–Trinajstić information content (AvgIpc) is 3.44. The standard InChI is InChI=1S/C24H27F2N3O3S/c1-33(31,32)27-22-20(29(15-24(22)8-9-24)23(30)28-10-5-11-28)13-17-12-18(25)14-19(21(17)26)16-6-3-2-4-7-16/h2-4,6-7,12,14,20,22,27H,5,8-11,13,15H2,1H3/t20-,22+/m0/s1. The van der Waals surface area contributed by atoms with Gasteiger partial charge in [-0.15, -0.1) is 0 Å². The Morgan fingerprint density at radius 1 is 1.15 bits per heavy atom. The van der Waals surface area contributed by atoms with Crippen molar-refractivity contribution < 1.29 is 22.0 Å². The molecule has 33 heavy (non-hydrogen) atoms. The van der Waals surface area contributed by atoms with E-state index in [1.807, 2.05) is 0 Å². The van der Waals surface area contributed by atoms with E-state index in [-0.39, 0.29) is 29.0 Å². The Hall–Kier alpha value is -2.52. The minimum absolute atomic E-state index is 0.0257. The quantitative estimate of drug-likeness (QED) is 0.721. The van der Waals surface area contributed by atoms with Crippen LogP contribution in [0.2, 0.25) is 0 Å². The van der Waals surface area contributed by atoms with Gasteiger partial charge in [0.05, 0.1) is 12.3 Å². The second kappa shape index (κ2) is 8.06. The monoisotopic (exact) mass is 475 g/mol. The highest BCUT2D eigenvalue weighted by Crippen LogP contribution is 2.56. The first-order valence-electron chi connectivity index (χ1n) is 11.2. The zero-order valence-electron chi connectivity index (χ0n) is 18.4. The Kier molecular flexibility index (Phi) is 5.44. The van der Waals surface area contributed by atoms with Crippen LogP contribution in [0.4, 0.5) is 13.6 Å². The molecule has 2 heterocycles. The maximum absolute atomic E-state index is 15.6. The highest BCUT2D eigenvalue weighted by Gasteiger charge is 2.61. The lowest BCUT2D eigenvalue weighted by Gasteiger charge is -2.37. The molecule has 2 saturated heterocycles. The Morgan fingerprint density at radius 3 is 2.42 bits per heavy atom. The molecule has 6 nitrogen and oxygen atoms in total. The number of halogens is 2. The van der Waals surface area contributed by atoms with Gasteiger partial charge >= 0.3 is 6.03 Å². The normalized spacial score (nSPS) is 23.6. The number of hydrogen-bond acceptors (Lipinski definition) is 3. The molecule has 2 amide bonds. The molecule has 176 valence electrons. The van der Waals surface area contributed by atoms with Crippen molar-refractivity contribution >= 4 is 16.1 Å². The number of sulfonamides is 1. The Bertz CT molecular complexity index is 1180. The lowest BCUT2D eigenvalue weighted by atomic mass is 9.91. The summed E-state index contributed by atoms with van der Waals surface area (Å²) in [7, 11) is -3.56. The molecule has 0 bridgehead atoms.